The molecule has 6 heteroatoms. The highest BCUT2D eigenvalue weighted by Gasteiger charge is 2.33. The molecule has 0 aliphatic heterocycles. The van der Waals surface area contributed by atoms with Gasteiger partial charge >= 0.3 is 5.97 Å². The summed E-state index contributed by atoms with van der Waals surface area (Å²) >= 11 is 0. The van der Waals surface area contributed by atoms with Gasteiger partial charge in [-0.15, -0.1) is 0 Å². The molecule has 1 saturated carbocycles. The van der Waals surface area contributed by atoms with E-state index in [1.165, 1.54) is 31.0 Å². The molecule has 0 atom stereocenters. The predicted molar refractivity (Wildman–Crippen MR) is 80.9 cm³/mol. The van der Waals surface area contributed by atoms with Crippen LogP contribution in [0.5, 0.6) is 0 Å². The molecule has 1 aliphatic carbocycles. The zero-order valence-electron chi connectivity index (χ0n) is 12.8. The van der Waals surface area contributed by atoms with E-state index in [-0.39, 0.29) is 22.7 Å². The first kappa shape index (κ1) is 16.4. The molecular weight excluding hydrogens is 284 g/mol. The van der Waals surface area contributed by atoms with Crippen LogP contribution in [0.1, 0.15) is 53.1 Å². The quantitative estimate of drug-likeness (QED) is 0.805. The zero-order chi connectivity index (χ0) is 16.0. The third-order valence-electron chi connectivity index (χ3n) is 4.33. The van der Waals surface area contributed by atoms with Crippen molar-refractivity contribution in [3.05, 3.63) is 29.6 Å². The van der Waals surface area contributed by atoms with Gasteiger partial charge in [-0.3, -0.25) is 4.79 Å². The fourth-order valence-corrected chi connectivity index (χ4v) is 3.00. The van der Waals surface area contributed by atoms with Gasteiger partial charge in [-0.05, 0) is 36.8 Å². The number of aromatic carboxylic acids is 1. The molecule has 22 heavy (non-hydrogen) atoms. The first-order valence-corrected chi connectivity index (χ1v) is 7.54. The van der Waals surface area contributed by atoms with Gasteiger partial charge in [-0.2, -0.15) is 0 Å². The number of methoxy groups -OCH3 is 1. The Morgan fingerprint density at radius 2 is 2.00 bits per heavy atom. The normalized spacial score (nSPS) is 16.4. The summed E-state index contributed by atoms with van der Waals surface area (Å²) in [5.41, 5.74) is 0.109. The van der Waals surface area contributed by atoms with Gasteiger partial charge in [0.25, 0.3) is 5.91 Å². The van der Waals surface area contributed by atoms with Gasteiger partial charge in [0.1, 0.15) is 11.4 Å². The summed E-state index contributed by atoms with van der Waals surface area (Å²) in [5, 5.41) is 11.8. The van der Waals surface area contributed by atoms with Crippen LogP contribution >= 0.6 is 0 Å². The molecule has 1 aliphatic rings. The van der Waals surface area contributed by atoms with E-state index in [9.17, 15) is 9.59 Å². The molecule has 0 aromatic carbocycles. The molecule has 1 amide bonds. The second kappa shape index (κ2) is 7.35. The van der Waals surface area contributed by atoms with Crippen molar-refractivity contribution in [2.45, 2.75) is 32.1 Å². The lowest BCUT2D eigenvalue weighted by molar-refractivity contribution is 0.0690. The number of carbonyl (C=O) groups is 2. The number of carboxylic acids is 1. The van der Waals surface area contributed by atoms with E-state index in [1.807, 2.05) is 0 Å². The lowest BCUT2D eigenvalue weighted by Gasteiger charge is -2.29. The first-order valence-electron chi connectivity index (χ1n) is 7.54. The number of carbonyl (C=O) groups excluding carboxylic acids is 1. The van der Waals surface area contributed by atoms with Crippen molar-refractivity contribution in [3.8, 4) is 0 Å². The molecule has 2 rings (SSSR count). The van der Waals surface area contributed by atoms with Gasteiger partial charge < -0.3 is 15.2 Å². The highest BCUT2D eigenvalue weighted by atomic mass is 16.5. The molecule has 1 fully saturated rings. The Morgan fingerprint density at radius 1 is 1.32 bits per heavy atom. The van der Waals surface area contributed by atoms with E-state index in [4.69, 9.17) is 9.84 Å². The average molecular weight is 306 g/mol. The fraction of sp³-hybridized carbons (Fsp3) is 0.562. The largest absolute Gasteiger partial charge is 0.477 e. The van der Waals surface area contributed by atoms with Gasteiger partial charge in [-0.25, -0.2) is 9.78 Å². The molecule has 1 aromatic heterocycles. The maximum absolute atomic E-state index is 12.2. The van der Waals surface area contributed by atoms with Crippen molar-refractivity contribution >= 4 is 11.9 Å². The van der Waals surface area contributed by atoms with Crippen LogP contribution in [0.25, 0.3) is 0 Å². The second-order valence-electron chi connectivity index (χ2n) is 5.85. The smallest absolute Gasteiger partial charge is 0.354 e. The Kier molecular flexibility index (Phi) is 5.49. The van der Waals surface area contributed by atoms with E-state index in [0.717, 1.165) is 19.3 Å². The zero-order valence-corrected chi connectivity index (χ0v) is 12.8. The number of carboxylic acid groups (broad SMARTS) is 1. The lowest BCUT2D eigenvalue weighted by atomic mass is 9.83. The van der Waals surface area contributed by atoms with E-state index in [2.05, 4.69) is 10.3 Å². The number of amides is 1. The summed E-state index contributed by atoms with van der Waals surface area (Å²) < 4.78 is 5.17. The average Bonchev–Trinajstić information content (AvgIpc) is 3.00. The number of nitrogens with zero attached hydrogens (tertiary/aromatic N) is 1. The monoisotopic (exact) mass is 306 g/mol. The van der Waals surface area contributed by atoms with Crippen molar-refractivity contribution in [1.82, 2.24) is 10.3 Å². The van der Waals surface area contributed by atoms with Gasteiger partial charge in [-0.1, -0.05) is 18.9 Å². The predicted octanol–water partition coefficient (Wildman–Crippen LogP) is 2.11. The van der Waals surface area contributed by atoms with Gasteiger partial charge in [0.2, 0.25) is 0 Å². The Bertz CT molecular complexity index is 539. The van der Waals surface area contributed by atoms with Crippen molar-refractivity contribution in [1.29, 1.82) is 0 Å². The number of pyridine rings is 1. The Labute approximate surface area is 129 Å². The van der Waals surface area contributed by atoms with Crippen molar-refractivity contribution < 1.29 is 19.4 Å². The number of aromatic nitrogens is 1. The minimum Gasteiger partial charge on any atom is -0.477 e. The second-order valence-corrected chi connectivity index (χ2v) is 5.85. The Hall–Kier alpha value is -1.95. The molecule has 0 spiro atoms. The minimum atomic E-state index is -1.14. The van der Waals surface area contributed by atoms with Gasteiger partial charge in [0.05, 0.1) is 0 Å². The Balaban J connectivity index is 1.99. The van der Waals surface area contributed by atoms with Crippen LogP contribution in [0.4, 0.5) is 0 Å². The summed E-state index contributed by atoms with van der Waals surface area (Å²) in [6.07, 6.45) is 5.43. The van der Waals surface area contributed by atoms with E-state index in [1.54, 1.807) is 7.11 Å². The van der Waals surface area contributed by atoms with Crippen LogP contribution in [-0.4, -0.2) is 42.2 Å². The molecule has 120 valence electrons. The summed E-state index contributed by atoms with van der Waals surface area (Å²) in [6, 6.07) is 4.43. The molecule has 0 unspecified atom stereocenters. The van der Waals surface area contributed by atoms with Crippen LogP contribution in [0, 0.1) is 5.41 Å². The maximum atomic E-state index is 12.2. The van der Waals surface area contributed by atoms with E-state index in [0.29, 0.717) is 13.2 Å². The van der Waals surface area contributed by atoms with Crippen molar-refractivity contribution in [3.63, 3.8) is 0 Å². The fourth-order valence-electron chi connectivity index (χ4n) is 3.00. The summed E-state index contributed by atoms with van der Waals surface area (Å²) in [4.78, 5) is 27.0. The molecule has 2 N–H and O–H groups in total. The van der Waals surface area contributed by atoms with Crippen LogP contribution in [0.3, 0.4) is 0 Å². The molecule has 6 nitrogen and oxygen atoms in total. The Morgan fingerprint density at radius 3 is 2.64 bits per heavy atom. The summed E-state index contributed by atoms with van der Waals surface area (Å²) in [6.45, 7) is 1.26. The van der Waals surface area contributed by atoms with Crippen LogP contribution in [-0.2, 0) is 4.74 Å². The van der Waals surface area contributed by atoms with Crippen molar-refractivity contribution in [2.24, 2.45) is 5.41 Å². The molecular formula is C16H22N2O4. The van der Waals surface area contributed by atoms with Crippen molar-refractivity contribution in [2.75, 3.05) is 20.3 Å². The third kappa shape index (κ3) is 4.04. The van der Waals surface area contributed by atoms with E-state index < -0.39 is 5.97 Å². The standard InChI is InChI=1S/C16H22N2O4/c1-22-10-9-16(7-2-3-8-16)11-17-14(19)12-5-4-6-13(18-12)15(20)21/h4-6H,2-3,7-11H2,1H3,(H,17,19)(H,20,21). The van der Waals surface area contributed by atoms with Gasteiger partial charge in [0, 0.05) is 20.3 Å². The molecule has 0 radical (unpaired) electrons. The third-order valence-corrected chi connectivity index (χ3v) is 4.33. The summed E-state index contributed by atoms with van der Waals surface area (Å²) in [7, 11) is 1.68. The maximum Gasteiger partial charge on any atom is 0.354 e. The number of ether oxygens (including phenoxy) is 1. The van der Waals surface area contributed by atoms with Crippen LogP contribution < -0.4 is 5.32 Å². The SMILES string of the molecule is COCCC1(CNC(=O)c2cccc(C(=O)O)n2)CCCC1. The number of hydrogen-bond donors (Lipinski definition) is 2. The van der Waals surface area contributed by atoms with E-state index >= 15 is 0 Å². The van der Waals surface area contributed by atoms with Crippen LogP contribution in [0.15, 0.2) is 18.2 Å². The molecule has 0 saturated heterocycles. The highest BCUT2D eigenvalue weighted by Crippen LogP contribution is 2.40. The highest BCUT2D eigenvalue weighted by molar-refractivity contribution is 5.94. The number of rotatable bonds is 7. The topological polar surface area (TPSA) is 88.5 Å². The lowest BCUT2D eigenvalue weighted by Crippen LogP contribution is -2.37. The number of hydrogen-bond acceptors (Lipinski definition) is 4. The molecule has 1 heterocycles. The first-order chi connectivity index (χ1) is 10.6. The number of nitrogens with one attached hydrogen (secondary N) is 1. The van der Waals surface area contributed by atoms with Crippen LogP contribution in [0.2, 0.25) is 0 Å². The molecule has 0 bridgehead atoms. The minimum absolute atomic E-state index is 0.0933. The molecule has 1 aromatic rings. The summed E-state index contributed by atoms with van der Waals surface area (Å²) in [5.74, 6) is -1.46. The van der Waals surface area contributed by atoms with Gasteiger partial charge in [0.15, 0.2) is 0 Å².